The molecule has 0 saturated heterocycles. The second-order valence-corrected chi connectivity index (χ2v) is 13.9. The maximum Gasteiger partial charge on any atom is 0.0437 e. The average molecular weight is 571 g/mol. The van der Waals surface area contributed by atoms with E-state index in [4.69, 9.17) is 0 Å². The molecule has 198 valence electrons. The topological polar surface area (TPSA) is 0 Å². The first-order valence-electron chi connectivity index (χ1n) is 14.4. The van der Waals surface area contributed by atoms with Gasteiger partial charge in [-0.3, -0.25) is 0 Å². The zero-order valence-corrected chi connectivity index (χ0v) is 25.0. The Morgan fingerprint density at radius 1 is 0.333 bits per heavy atom. The summed E-state index contributed by atoms with van der Waals surface area (Å²) in [5.74, 6) is 0. The Morgan fingerprint density at radius 2 is 0.643 bits per heavy atom. The van der Waals surface area contributed by atoms with Crippen LogP contribution in [0.15, 0.2) is 121 Å². The SMILES string of the molecule is Cc1cc2c(-c3c4ccccc4cc4ccccc34)c3sc(C)cc3c(-c3c4ccccc4cc4ccccc34)c2s1. The van der Waals surface area contributed by atoms with Crippen molar-refractivity contribution in [2.24, 2.45) is 0 Å². The summed E-state index contributed by atoms with van der Waals surface area (Å²) >= 11 is 3.88. The lowest BCUT2D eigenvalue weighted by atomic mass is 9.85. The second kappa shape index (κ2) is 9.00. The third-order valence-electron chi connectivity index (χ3n) is 8.75. The number of aryl methyl sites for hydroxylation is 2. The molecule has 2 aromatic heterocycles. The third-order valence-corrected chi connectivity index (χ3v) is 10.9. The van der Waals surface area contributed by atoms with Gasteiger partial charge in [0, 0.05) is 41.1 Å². The zero-order chi connectivity index (χ0) is 27.9. The fraction of sp³-hybridized carbons (Fsp3) is 0.0500. The van der Waals surface area contributed by atoms with Gasteiger partial charge in [-0.2, -0.15) is 0 Å². The lowest BCUT2D eigenvalue weighted by Crippen LogP contribution is -1.91. The smallest absolute Gasteiger partial charge is 0.0437 e. The molecule has 0 aliphatic carbocycles. The number of thiophene rings is 2. The number of rotatable bonds is 2. The Balaban J connectivity index is 1.55. The Labute approximate surface area is 252 Å². The third kappa shape index (κ3) is 3.40. The van der Waals surface area contributed by atoms with Gasteiger partial charge in [-0.1, -0.05) is 97.1 Å². The molecule has 0 aliphatic rings. The van der Waals surface area contributed by atoms with Crippen molar-refractivity contribution in [3.63, 3.8) is 0 Å². The van der Waals surface area contributed by atoms with Crippen molar-refractivity contribution in [2.45, 2.75) is 13.8 Å². The van der Waals surface area contributed by atoms with Crippen molar-refractivity contribution in [1.82, 2.24) is 0 Å². The first-order valence-corrected chi connectivity index (χ1v) is 16.1. The second-order valence-electron chi connectivity index (χ2n) is 11.3. The van der Waals surface area contributed by atoms with E-state index < -0.39 is 0 Å². The fourth-order valence-corrected chi connectivity index (χ4v) is 9.25. The summed E-state index contributed by atoms with van der Waals surface area (Å²) in [6.45, 7) is 4.53. The summed E-state index contributed by atoms with van der Waals surface area (Å²) in [7, 11) is 0. The van der Waals surface area contributed by atoms with Crippen molar-refractivity contribution < 1.29 is 0 Å². The van der Waals surface area contributed by atoms with Gasteiger partial charge < -0.3 is 0 Å². The van der Waals surface area contributed by atoms with Gasteiger partial charge in [0.1, 0.15) is 0 Å². The highest BCUT2D eigenvalue weighted by Gasteiger charge is 2.25. The molecule has 9 rings (SSSR count). The average Bonchev–Trinajstić information content (AvgIpc) is 3.59. The van der Waals surface area contributed by atoms with Crippen LogP contribution >= 0.6 is 22.7 Å². The van der Waals surface area contributed by atoms with Crippen LogP contribution in [0.2, 0.25) is 0 Å². The van der Waals surface area contributed by atoms with Crippen LogP contribution in [0.4, 0.5) is 0 Å². The fourth-order valence-electron chi connectivity index (χ4n) is 7.08. The van der Waals surface area contributed by atoms with Crippen LogP contribution in [-0.2, 0) is 0 Å². The van der Waals surface area contributed by atoms with Gasteiger partial charge >= 0.3 is 0 Å². The van der Waals surface area contributed by atoms with Gasteiger partial charge in [0.15, 0.2) is 0 Å². The molecule has 2 heterocycles. The molecule has 0 radical (unpaired) electrons. The van der Waals surface area contributed by atoms with Gasteiger partial charge in [-0.05, 0) is 92.3 Å². The van der Waals surface area contributed by atoms with Crippen molar-refractivity contribution in [1.29, 1.82) is 0 Å². The maximum absolute atomic E-state index is 2.44. The summed E-state index contributed by atoms with van der Waals surface area (Å²) in [5, 5.41) is 13.1. The lowest BCUT2D eigenvalue weighted by Gasteiger charge is -2.18. The van der Waals surface area contributed by atoms with Crippen LogP contribution in [-0.4, -0.2) is 0 Å². The van der Waals surface area contributed by atoms with Crippen LogP contribution in [0.3, 0.4) is 0 Å². The van der Waals surface area contributed by atoms with E-state index in [2.05, 4.69) is 135 Å². The Bertz CT molecular complexity index is 2200. The van der Waals surface area contributed by atoms with Crippen LogP contribution in [0.1, 0.15) is 9.75 Å². The van der Waals surface area contributed by atoms with E-state index in [1.807, 2.05) is 22.7 Å². The highest BCUT2D eigenvalue weighted by Crippen LogP contribution is 2.53. The van der Waals surface area contributed by atoms with Crippen molar-refractivity contribution in [3.8, 4) is 22.3 Å². The molecule has 7 aromatic carbocycles. The minimum atomic E-state index is 1.29. The largest absolute Gasteiger partial charge is 0.140 e. The first kappa shape index (κ1) is 24.1. The molecule has 9 aromatic rings. The van der Waals surface area contributed by atoms with Crippen LogP contribution in [0.5, 0.6) is 0 Å². The molecule has 0 nitrogen and oxygen atoms in total. The summed E-state index contributed by atoms with van der Waals surface area (Å²) in [6.07, 6.45) is 0. The summed E-state index contributed by atoms with van der Waals surface area (Å²) in [5.41, 5.74) is 5.47. The maximum atomic E-state index is 2.44. The first-order chi connectivity index (χ1) is 20.7. The van der Waals surface area contributed by atoms with E-state index in [1.54, 1.807) is 0 Å². The Morgan fingerprint density at radius 3 is 0.976 bits per heavy atom. The molecule has 2 heteroatoms. The molecular formula is C40H26S2. The van der Waals surface area contributed by atoms with Gasteiger partial charge in [0.25, 0.3) is 0 Å². The predicted octanol–water partition coefficient (Wildman–Crippen LogP) is 12.7. The lowest BCUT2D eigenvalue weighted by molar-refractivity contribution is 1.65. The molecule has 0 spiro atoms. The van der Waals surface area contributed by atoms with E-state index in [0.29, 0.717) is 0 Å². The molecule has 0 saturated carbocycles. The molecule has 42 heavy (non-hydrogen) atoms. The summed E-state index contributed by atoms with van der Waals surface area (Å²) in [4.78, 5) is 2.69. The Kier molecular flexibility index (Phi) is 5.17. The predicted molar refractivity (Wildman–Crippen MR) is 188 cm³/mol. The van der Waals surface area contributed by atoms with E-state index in [1.165, 1.54) is 95.3 Å². The van der Waals surface area contributed by atoms with Gasteiger partial charge in [0.05, 0.1) is 0 Å². The molecule has 0 fully saturated rings. The normalized spacial score (nSPS) is 12.0. The monoisotopic (exact) mass is 570 g/mol. The van der Waals surface area contributed by atoms with E-state index in [-0.39, 0.29) is 0 Å². The molecule has 0 atom stereocenters. The molecule has 0 aliphatic heterocycles. The summed E-state index contributed by atoms with van der Waals surface area (Å²) < 4.78 is 2.76. The van der Waals surface area contributed by atoms with Crippen LogP contribution < -0.4 is 0 Å². The van der Waals surface area contributed by atoms with Crippen LogP contribution in [0.25, 0.3) is 85.5 Å². The number of hydrogen-bond donors (Lipinski definition) is 0. The van der Waals surface area contributed by atoms with Gasteiger partial charge in [-0.15, -0.1) is 22.7 Å². The quantitative estimate of drug-likeness (QED) is 0.181. The minimum Gasteiger partial charge on any atom is -0.140 e. The minimum absolute atomic E-state index is 1.29. The van der Waals surface area contributed by atoms with Crippen molar-refractivity contribution in [2.75, 3.05) is 0 Å². The summed E-state index contributed by atoms with van der Waals surface area (Å²) in [6, 6.07) is 45.2. The molecule has 0 N–H and O–H groups in total. The van der Waals surface area contributed by atoms with Gasteiger partial charge in [-0.25, -0.2) is 0 Å². The van der Waals surface area contributed by atoms with Crippen LogP contribution in [0, 0.1) is 13.8 Å². The standard InChI is InChI=1S/C40H26S2/c1-23-19-33-37(35-29-15-7-3-11-25(29)21-26-12-4-8-16-30(26)35)40-34(20-24(2)42-40)38(39(33)41-23)36-31-17-9-5-13-27(31)22-28-14-6-10-18-32(28)36/h3-22H,1-2H3. The number of hydrogen-bond acceptors (Lipinski definition) is 2. The molecule has 0 unspecified atom stereocenters. The molecule has 0 bridgehead atoms. The molecule has 0 amide bonds. The van der Waals surface area contributed by atoms with Crippen molar-refractivity contribution >= 4 is 85.9 Å². The van der Waals surface area contributed by atoms with E-state index >= 15 is 0 Å². The number of benzene rings is 7. The zero-order valence-electron chi connectivity index (χ0n) is 23.4. The highest BCUT2D eigenvalue weighted by molar-refractivity contribution is 7.22. The van der Waals surface area contributed by atoms with Crippen molar-refractivity contribution in [3.05, 3.63) is 131 Å². The number of fused-ring (bicyclic) bond motifs is 6. The van der Waals surface area contributed by atoms with E-state index in [9.17, 15) is 0 Å². The molecular weight excluding hydrogens is 545 g/mol. The highest BCUT2D eigenvalue weighted by atomic mass is 32.1. The van der Waals surface area contributed by atoms with E-state index in [0.717, 1.165) is 0 Å². The van der Waals surface area contributed by atoms with Gasteiger partial charge in [0.2, 0.25) is 0 Å². The Hall–Kier alpha value is -4.50.